The summed E-state index contributed by atoms with van der Waals surface area (Å²) in [5.41, 5.74) is 18.6. The summed E-state index contributed by atoms with van der Waals surface area (Å²) in [6, 6.07) is 96.9. The summed E-state index contributed by atoms with van der Waals surface area (Å²) in [7, 11) is 0. The van der Waals surface area contributed by atoms with Gasteiger partial charge in [-0.05, 0) is 110 Å². The van der Waals surface area contributed by atoms with Crippen LogP contribution in [0.5, 0.6) is 0 Å². The van der Waals surface area contributed by atoms with Gasteiger partial charge in [0.15, 0.2) is 0 Å². The molecule has 66 heavy (non-hydrogen) atoms. The highest BCUT2D eigenvalue weighted by Crippen LogP contribution is 2.48. The summed E-state index contributed by atoms with van der Waals surface area (Å²) in [5.74, 6) is 0. The Morgan fingerprint density at radius 3 is 1.48 bits per heavy atom. The molecule has 1 heterocycles. The molecule has 2 nitrogen and oxygen atoms in total. The lowest BCUT2D eigenvalue weighted by molar-refractivity contribution is 1.18. The SMILES string of the molecule is c1ccc(-c2ccccc2N(c2ccc(-c3ccc(-c4ccc5ccccc5c4)cc3)cc2)c2ccccc2-c2ccccc2-c2cccc3c2c2ccccc2n3-c2ccccc2)cc1. The summed E-state index contributed by atoms with van der Waals surface area (Å²) in [4.78, 5) is 2.45. The van der Waals surface area contributed by atoms with Crippen LogP contribution in [-0.2, 0) is 0 Å². The molecule has 0 atom stereocenters. The van der Waals surface area contributed by atoms with Gasteiger partial charge in [-0.1, -0.05) is 212 Å². The van der Waals surface area contributed by atoms with Crippen molar-refractivity contribution >= 4 is 49.6 Å². The molecule has 0 spiro atoms. The number of fused-ring (bicyclic) bond motifs is 4. The highest BCUT2D eigenvalue weighted by Gasteiger charge is 2.23. The van der Waals surface area contributed by atoms with Crippen LogP contribution >= 0.6 is 0 Å². The average Bonchev–Trinajstić information content (AvgIpc) is 3.74. The van der Waals surface area contributed by atoms with Gasteiger partial charge in [0, 0.05) is 33.3 Å². The normalized spacial score (nSPS) is 11.3. The molecular weight excluding hydrogens is 797 g/mol. The molecule has 12 aromatic rings. The quantitative estimate of drug-likeness (QED) is 0.141. The smallest absolute Gasteiger partial charge is 0.0547 e. The Kier molecular flexibility index (Phi) is 9.89. The molecular formula is C64H44N2. The number of anilines is 3. The Morgan fingerprint density at radius 1 is 0.273 bits per heavy atom. The van der Waals surface area contributed by atoms with E-state index < -0.39 is 0 Å². The standard InChI is InChI=1S/C64H44N2/c1-3-19-49(20-4-1)54-24-11-14-30-60(54)65(53-42-40-47(41-43-53)46-34-36-48(37-35-46)51-39-38-45-18-7-8-21-50(45)44-51)61-31-15-12-27-57(61)55-25-9-10-26-56(55)58-29-17-33-63-64(58)59-28-13-16-32-62(59)66(63)52-22-5-2-6-23-52/h1-44H. The maximum atomic E-state index is 2.45. The first-order valence-electron chi connectivity index (χ1n) is 22.7. The summed E-state index contributed by atoms with van der Waals surface area (Å²) < 4.78 is 2.40. The van der Waals surface area contributed by atoms with Crippen molar-refractivity contribution in [3.63, 3.8) is 0 Å². The fourth-order valence-corrected chi connectivity index (χ4v) is 9.91. The molecule has 12 rings (SSSR count). The van der Waals surface area contributed by atoms with E-state index in [1.54, 1.807) is 0 Å². The van der Waals surface area contributed by atoms with Gasteiger partial charge in [0.1, 0.15) is 0 Å². The van der Waals surface area contributed by atoms with Crippen LogP contribution < -0.4 is 4.90 Å². The Labute approximate surface area is 385 Å². The summed E-state index contributed by atoms with van der Waals surface area (Å²) in [6.07, 6.45) is 0. The van der Waals surface area contributed by atoms with Gasteiger partial charge < -0.3 is 9.47 Å². The van der Waals surface area contributed by atoms with Crippen molar-refractivity contribution in [2.45, 2.75) is 0 Å². The molecule has 0 unspecified atom stereocenters. The predicted octanol–water partition coefficient (Wildman–Crippen LogP) is 17.7. The number of hydrogen-bond donors (Lipinski definition) is 0. The zero-order chi connectivity index (χ0) is 43.8. The number of para-hydroxylation sites is 4. The van der Waals surface area contributed by atoms with Crippen LogP contribution in [0.15, 0.2) is 267 Å². The molecule has 2 heteroatoms. The second-order valence-corrected chi connectivity index (χ2v) is 16.9. The monoisotopic (exact) mass is 840 g/mol. The summed E-state index contributed by atoms with van der Waals surface area (Å²) in [5, 5.41) is 4.99. The number of benzene rings is 11. The van der Waals surface area contributed by atoms with Gasteiger partial charge in [-0.3, -0.25) is 0 Å². The third kappa shape index (κ3) is 6.93. The van der Waals surface area contributed by atoms with E-state index >= 15 is 0 Å². The Bertz CT molecular complexity index is 3680. The Hall–Kier alpha value is -8.72. The Morgan fingerprint density at radius 2 is 0.758 bits per heavy atom. The number of rotatable bonds is 9. The number of aromatic nitrogens is 1. The van der Waals surface area contributed by atoms with E-state index in [0.29, 0.717) is 0 Å². The molecule has 0 N–H and O–H groups in total. The molecule has 0 amide bonds. The largest absolute Gasteiger partial charge is 0.309 e. The number of hydrogen-bond acceptors (Lipinski definition) is 1. The van der Waals surface area contributed by atoms with Gasteiger partial charge in [0.25, 0.3) is 0 Å². The second-order valence-electron chi connectivity index (χ2n) is 16.9. The molecule has 310 valence electrons. The molecule has 11 aromatic carbocycles. The minimum absolute atomic E-state index is 1.08. The highest BCUT2D eigenvalue weighted by molar-refractivity contribution is 6.17. The van der Waals surface area contributed by atoms with Crippen LogP contribution in [0.3, 0.4) is 0 Å². The first-order chi connectivity index (χ1) is 32.8. The summed E-state index contributed by atoms with van der Waals surface area (Å²) >= 11 is 0. The zero-order valence-corrected chi connectivity index (χ0v) is 36.3. The van der Waals surface area contributed by atoms with Crippen molar-refractivity contribution < 1.29 is 0 Å². The minimum Gasteiger partial charge on any atom is -0.309 e. The first kappa shape index (κ1) is 38.9. The van der Waals surface area contributed by atoms with Gasteiger partial charge in [-0.25, -0.2) is 0 Å². The lowest BCUT2D eigenvalue weighted by Crippen LogP contribution is -2.12. The lowest BCUT2D eigenvalue weighted by atomic mass is 9.90. The third-order valence-electron chi connectivity index (χ3n) is 13.0. The fourth-order valence-electron chi connectivity index (χ4n) is 9.91. The van der Waals surface area contributed by atoms with Crippen molar-refractivity contribution in [1.29, 1.82) is 0 Å². The zero-order valence-electron chi connectivity index (χ0n) is 36.3. The molecule has 0 aliphatic rings. The average molecular weight is 841 g/mol. The van der Waals surface area contributed by atoms with Crippen molar-refractivity contribution in [2.24, 2.45) is 0 Å². The van der Waals surface area contributed by atoms with Gasteiger partial charge >= 0.3 is 0 Å². The van der Waals surface area contributed by atoms with E-state index in [2.05, 4.69) is 276 Å². The van der Waals surface area contributed by atoms with Crippen LogP contribution in [0.4, 0.5) is 17.1 Å². The molecule has 0 bridgehead atoms. The van der Waals surface area contributed by atoms with E-state index in [-0.39, 0.29) is 0 Å². The minimum atomic E-state index is 1.08. The predicted molar refractivity (Wildman–Crippen MR) is 280 cm³/mol. The molecule has 0 fully saturated rings. The van der Waals surface area contributed by atoms with E-state index in [9.17, 15) is 0 Å². The van der Waals surface area contributed by atoms with Crippen LogP contribution in [0, 0.1) is 0 Å². The summed E-state index contributed by atoms with van der Waals surface area (Å²) in [6.45, 7) is 0. The van der Waals surface area contributed by atoms with Gasteiger partial charge in [0.2, 0.25) is 0 Å². The van der Waals surface area contributed by atoms with Crippen LogP contribution in [0.2, 0.25) is 0 Å². The van der Waals surface area contributed by atoms with Crippen molar-refractivity contribution in [1.82, 2.24) is 4.57 Å². The fraction of sp³-hybridized carbons (Fsp3) is 0. The van der Waals surface area contributed by atoms with Crippen LogP contribution in [0.1, 0.15) is 0 Å². The molecule has 0 aliphatic heterocycles. The molecule has 0 saturated carbocycles. The number of nitrogens with zero attached hydrogens (tertiary/aromatic N) is 2. The second kappa shape index (κ2) is 16.8. The van der Waals surface area contributed by atoms with Crippen LogP contribution in [0.25, 0.3) is 93.9 Å². The highest BCUT2D eigenvalue weighted by atomic mass is 15.1. The van der Waals surface area contributed by atoms with E-state index in [1.807, 2.05) is 0 Å². The molecule has 0 aliphatic carbocycles. The third-order valence-corrected chi connectivity index (χ3v) is 13.0. The van der Waals surface area contributed by atoms with E-state index in [0.717, 1.165) is 33.9 Å². The molecule has 0 radical (unpaired) electrons. The lowest BCUT2D eigenvalue weighted by Gasteiger charge is -2.30. The molecule has 1 aromatic heterocycles. The van der Waals surface area contributed by atoms with Crippen LogP contribution in [-0.4, -0.2) is 4.57 Å². The van der Waals surface area contributed by atoms with Gasteiger partial charge in [-0.2, -0.15) is 0 Å². The van der Waals surface area contributed by atoms with Crippen molar-refractivity contribution in [3.05, 3.63) is 267 Å². The Balaban J connectivity index is 0.998. The van der Waals surface area contributed by atoms with Crippen molar-refractivity contribution in [2.75, 3.05) is 4.90 Å². The first-order valence-corrected chi connectivity index (χ1v) is 22.7. The van der Waals surface area contributed by atoms with Crippen molar-refractivity contribution in [3.8, 4) is 61.3 Å². The molecule has 0 saturated heterocycles. The van der Waals surface area contributed by atoms with E-state index in [1.165, 1.54) is 77.1 Å². The maximum absolute atomic E-state index is 2.45. The van der Waals surface area contributed by atoms with Gasteiger partial charge in [0.05, 0.1) is 22.4 Å². The topological polar surface area (TPSA) is 8.17 Å². The van der Waals surface area contributed by atoms with Gasteiger partial charge in [-0.15, -0.1) is 0 Å². The maximum Gasteiger partial charge on any atom is 0.0547 e. The van der Waals surface area contributed by atoms with E-state index in [4.69, 9.17) is 0 Å².